The van der Waals surface area contributed by atoms with Gasteiger partial charge >= 0.3 is 0 Å². The van der Waals surface area contributed by atoms with Gasteiger partial charge in [0, 0.05) is 14.1 Å². The Kier molecular flexibility index (Phi) is 3.63. The van der Waals surface area contributed by atoms with Crippen molar-refractivity contribution < 1.29 is 4.42 Å². The number of nitrogens with two attached hydrogens (primary N) is 1. The van der Waals surface area contributed by atoms with Gasteiger partial charge in [0.15, 0.2) is 11.6 Å². The highest BCUT2D eigenvalue weighted by atomic mass is 16.3. The molecular weight excluding hydrogens is 232 g/mol. The van der Waals surface area contributed by atoms with E-state index in [-0.39, 0.29) is 0 Å². The molecule has 0 aromatic carbocycles. The van der Waals surface area contributed by atoms with Gasteiger partial charge in [0.25, 0.3) is 0 Å². The maximum atomic E-state index is 5.96. The van der Waals surface area contributed by atoms with E-state index < -0.39 is 0 Å². The Bertz CT molecular complexity index is 496. The first-order valence-electron chi connectivity index (χ1n) is 5.47. The number of furan rings is 1. The van der Waals surface area contributed by atoms with Crippen LogP contribution in [0.3, 0.4) is 0 Å². The number of nitrogens with one attached hydrogen (secondary N) is 2. The van der Waals surface area contributed by atoms with Crippen LogP contribution in [-0.4, -0.2) is 29.1 Å². The lowest BCUT2D eigenvalue weighted by Gasteiger charge is -2.15. The monoisotopic (exact) mass is 248 g/mol. The molecule has 0 fully saturated rings. The number of rotatable bonds is 5. The number of hydrogen-bond acceptors (Lipinski definition) is 7. The smallest absolute Gasteiger partial charge is 0.169 e. The number of hydrogen-bond donors (Lipinski definition) is 3. The minimum Gasteiger partial charge on any atom is -0.467 e. The van der Waals surface area contributed by atoms with E-state index in [1.165, 1.54) is 6.33 Å². The van der Waals surface area contributed by atoms with Gasteiger partial charge in [-0.05, 0) is 12.1 Å². The second kappa shape index (κ2) is 5.37. The fraction of sp³-hybridized carbons (Fsp3) is 0.273. The van der Waals surface area contributed by atoms with Crippen LogP contribution in [0.2, 0.25) is 0 Å². The second-order valence-electron chi connectivity index (χ2n) is 3.92. The zero-order valence-corrected chi connectivity index (χ0v) is 10.3. The molecule has 96 valence electrons. The first-order valence-corrected chi connectivity index (χ1v) is 5.47. The number of nitrogens with zero attached hydrogens (tertiary/aromatic N) is 3. The van der Waals surface area contributed by atoms with Crippen molar-refractivity contribution in [2.24, 2.45) is 0 Å². The molecule has 0 saturated heterocycles. The number of hydrazine groups is 1. The summed E-state index contributed by atoms with van der Waals surface area (Å²) < 4.78 is 5.22. The van der Waals surface area contributed by atoms with Crippen molar-refractivity contribution in [1.29, 1.82) is 0 Å². The molecule has 2 heterocycles. The Labute approximate surface area is 105 Å². The van der Waals surface area contributed by atoms with Crippen LogP contribution < -0.4 is 16.5 Å². The third-order valence-electron chi connectivity index (χ3n) is 2.22. The van der Waals surface area contributed by atoms with Crippen LogP contribution in [0, 0.1) is 0 Å². The number of nitrogen functional groups attached to an aromatic ring is 1. The van der Waals surface area contributed by atoms with Gasteiger partial charge in [-0.2, -0.15) is 0 Å². The molecule has 2 rings (SSSR count). The quantitative estimate of drug-likeness (QED) is 0.683. The lowest BCUT2D eigenvalue weighted by Crippen LogP contribution is -2.22. The van der Waals surface area contributed by atoms with Crippen LogP contribution >= 0.6 is 0 Å². The molecule has 0 spiro atoms. The van der Waals surface area contributed by atoms with Crippen LogP contribution in [0.25, 0.3) is 0 Å². The van der Waals surface area contributed by atoms with Crippen molar-refractivity contribution in [2.75, 3.05) is 30.6 Å². The molecule has 0 aliphatic rings. The van der Waals surface area contributed by atoms with Crippen LogP contribution in [0.5, 0.6) is 0 Å². The SMILES string of the molecule is CN(C)Nc1ncnc(NCc2ccco2)c1N. The fourth-order valence-electron chi connectivity index (χ4n) is 1.42. The van der Waals surface area contributed by atoms with Gasteiger partial charge in [-0.3, -0.25) is 0 Å². The van der Waals surface area contributed by atoms with Crippen molar-refractivity contribution in [3.8, 4) is 0 Å². The van der Waals surface area contributed by atoms with Crippen molar-refractivity contribution in [1.82, 2.24) is 15.0 Å². The van der Waals surface area contributed by atoms with Gasteiger partial charge in [-0.1, -0.05) is 0 Å². The molecule has 0 atom stereocenters. The Hall–Kier alpha value is -2.28. The average molecular weight is 248 g/mol. The largest absolute Gasteiger partial charge is 0.467 e. The molecule has 0 aliphatic heterocycles. The summed E-state index contributed by atoms with van der Waals surface area (Å²) in [4.78, 5) is 8.17. The second-order valence-corrected chi connectivity index (χ2v) is 3.92. The minimum absolute atomic E-state index is 0.470. The Morgan fingerprint density at radius 3 is 2.78 bits per heavy atom. The highest BCUT2D eigenvalue weighted by Gasteiger charge is 2.08. The normalized spacial score (nSPS) is 10.6. The molecule has 0 saturated carbocycles. The summed E-state index contributed by atoms with van der Waals surface area (Å²) in [6.45, 7) is 0.523. The molecule has 0 amide bonds. The number of anilines is 3. The standard InChI is InChI=1S/C11H16N6O/c1-17(2)16-11-9(12)10(14-7-15-11)13-6-8-4-3-5-18-8/h3-5,7H,6,12H2,1-2H3,(H2,13,14,15,16). The number of aromatic nitrogens is 2. The molecular formula is C11H16N6O. The molecule has 0 radical (unpaired) electrons. The van der Waals surface area contributed by atoms with Crippen LogP contribution in [0.4, 0.5) is 17.3 Å². The summed E-state index contributed by atoms with van der Waals surface area (Å²) in [5, 5.41) is 4.86. The third-order valence-corrected chi connectivity index (χ3v) is 2.22. The van der Waals surface area contributed by atoms with Crippen molar-refractivity contribution >= 4 is 17.3 Å². The Balaban J connectivity index is 2.08. The van der Waals surface area contributed by atoms with E-state index in [4.69, 9.17) is 10.2 Å². The molecule has 0 unspecified atom stereocenters. The maximum absolute atomic E-state index is 5.96. The maximum Gasteiger partial charge on any atom is 0.169 e. The predicted molar refractivity (Wildman–Crippen MR) is 69.8 cm³/mol. The molecule has 0 aliphatic carbocycles. The van der Waals surface area contributed by atoms with Crippen LogP contribution in [0.15, 0.2) is 29.1 Å². The van der Waals surface area contributed by atoms with Gasteiger partial charge in [-0.25, -0.2) is 15.0 Å². The molecule has 4 N–H and O–H groups in total. The average Bonchev–Trinajstić information content (AvgIpc) is 2.83. The zero-order valence-electron chi connectivity index (χ0n) is 10.3. The van der Waals surface area contributed by atoms with E-state index in [9.17, 15) is 0 Å². The molecule has 0 bridgehead atoms. The summed E-state index contributed by atoms with van der Waals surface area (Å²) in [7, 11) is 3.72. The summed E-state index contributed by atoms with van der Waals surface area (Å²) in [6.07, 6.45) is 3.08. The lowest BCUT2D eigenvalue weighted by molar-refractivity contribution is 0.492. The highest BCUT2D eigenvalue weighted by Crippen LogP contribution is 2.22. The van der Waals surface area contributed by atoms with Gasteiger partial charge in [0.2, 0.25) is 0 Å². The molecule has 18 heavy (non-hydrogen) atoms. The van der Waals surface area contributed by atoms with E-state index in [2.05, 4.69) is 20.7 Å². The van der Waals surface area contributed by atoms with Crippen molar-refractivity contribution in [3.63, 3.8) is 0 Å². The summed E-state index contributed by atoms with van der Waals surface area (Å²) in [6, 6.07) is 3.71. The molecule has 7 nitrogen and oxygen atoms in total. The lowest BCUT2D eigenvalue weighted by atomic mass is 10.4. The molecule has 7 heteroatoms. The van der Waals surface area contributed by atoms with Crippen molar-refractivity contribution in [2.45, 2.75) is 6.54 Å². The first kappa shape index (κ1) is 12.2. The minimum atomic E-state index is 0.470. The third kappa shape index (κ3) is 2.89. The van der Waals surface area contributed by atoms with E-state index >= 15 is 0 Å². The van der Waals surface area contributed by atoms with Gasteiger partial charge < -0.3 is 20.9 Å². The van der Waals surface area contributed by atoms with Gasteiger partial charge in [0.05, 0.1) is 12.8 Å². The van der Waals surface area contributed by atoms with E-state index in [0.717, 1.165) is 5.76 Å². The molecule has 2 aromatic heterocycles. The highest BCUT2D eigenvalue weighted by molar-refractivity contribution is 5.73. The molecule has 2 aromatic rings. The van der Waals surface area contributed by atoms with E-state index in [1.807, 2.05) is 26.2 Å². The topological polar surface area (TPSA) is 92.2 Å². The summed E-state index contributed by atoms with van der Waals surface area (Å²) in [5.74, 6) is 1.96. The fourth-order valence-corrected chi connectivity index (χ4v) is 1.42. The first-order chi connectivity index (χ1) is 8.66. The van der Waals surface area contributed by atoms with Crippen LogP contribution in [0.1, 0.15) is 5.76 Å². The van der Waals surface area contributed by atoms with Gasteiger partial charge in [0.1, 0.15) is 17.8 Å². The predicted octanol–water partition coefficient (Wildman–Crippen LogP) is 1.15. The summed E-state index contributed by atoms with van der Waals surface area (Å²) in [5.41, 5.74) is 9.43. The Morgan fingerprint density at radius 2 is 2.11 bits per heavy atom. The summed E-state index contributed by atoms with van der Waals surface area (Å²) >= 11 is 0. The van der Waals surface area contributed by atoms with Crippen molar-refractivity contribution in [3.05, 3.63) is 30.5 Å². The van der Waals surface area contributed by atoms with Gasteiger partial charge in [-0.15, -0.1) is 0 Å². The van der Waals surface area contributed by atoms with Crippen LogP contribution in [-0.2, 0) is 6.54 Å². The Morgan fingerprint density at radius 1 is 1.33 bits per heavy atom. The van der Waals surface area contributed by atoms with E-state index in [0.29, 0.717) is 23.9 Å². The zero-order chi connectivity index (χ0) is 13.0. The van der Waals surface area contributed by atoms with E-state index in [1.54, 1.807) is 11.3 Å².